The summed E-state index contributed by atoms with van der Waals surface area (Å²) in [5, 5.41) is 0. The van der Waals surface area contributed by atoms with Gasteiger partial charge < -0.3 is 0 Å². The Morgan fingerprint density at radius 2 is 1.69 bits per heavy atom. The van der Waals surface area contributed by atoms with Crippen molar-refractivity contribution in [3.05, 3.63) is 21.5 Å². The van der Waals surface area contributed by atoms with Crippen molar-refractivity contribution in [2.45, 2.75) is 16.6 Å². The Morgan fingerprint density at radius 3 is 2.12 bits per heavy atom. The zero-order chi connectivity index (χ0) is 12.6. The standard InChI is InChI=1S/C7H2F6INS/c8-6(9,10)4-3(16-7(11,12)13)1-2-15-5(4)14/h1-2H. The summed E-state index contributed by atoms with van der Waals surface area (Å²) in [7, 11) is 0. The highest BCUT2D eigenvalue weighted by molar-refractivity contribution is 14.1. The average Bonchev–Trinajstić information content (AvgIpc) is 1.97. The van der Waals surface area contributed by atoms with Crippen molar-refractivity contribution in [3.8, 4) is 0 Å². The van der Waals surface area contributed by atoms with Crippen LogP contribution in [0, 0.1) is 3.70 Å². The summed E-state index contributed by atoms with van der Waals surface area (Å²) >= 11 is 0.455. The van der Waals surface area contributed by atoms with Crippen molar-refractivity contribution in [3.63, 3.8) is 0 Å². The van der Waals surface area contributed by atoms with Crippen LogP contribution in [0.15, 0.2) is 17.2 Å². The number of hydrogen-bond donors (Lipinski definition) is 0. The summed E-state index contributed by atoms with van der Waals surface area (Å²) in [6.45, 7) is 0. The maximum absolute atomic E-state index is 12.5. The largest absolute Gasteiger partial charge is 0.446 e. The number of halogens is 7. The molecule has 0 aliphatic heterocycles. The zero-order valence-corrected chi connectivity index (χ0v) is 10.1. The molecule has 0 radical (unpaired) electrons. The molecule has 1 nitrogen and oxygen atoms in total. The molecule has 1 heterocycles. The van der Waals surface area contributed by atoms with E-state index in [1.165, 1.54) is 22.6 Å². The third-order valence-electron chi connectivity index (χ3n) is 1.38. The first-order valence-electron chi connectivity index (χ1n) is 3.58. The van der Waals surface area contributed by atoms with Gasteiger partial charge in [0.2, 0.25) is 0 Å². The predicted molar refractivity (Wildman–Crippen MR) is 53.9 cm³/mol. The van der Waals surface area contributed by atoms with Crippen molar-refractivity contribution in [2.24, 2.45) is 0 Å². The molecule has 0 unspecified atom stereocenters. The third-order valence-corrected chi connectivity index (χ3v) is 2.99. The fourth-order valence-electron chi connectivity index (χ4n) is 0.886. The van der Waals surface area contributed by atoms with Crippen LogP contribution in [-0.4, -0.2) is 10.5 Å². The first-order chi connectivity index (χ1) is 7.11. The van der Waals surface area contributed by atoms with Gasteiger partial charge in [0.25, 0.3) is 0 Å². The Bertz CT molecular complexity index is 387. The lowest BCUT2D eigenvalue weighted by atomic mass is 10.3. The van der Waals surface area contributed by atoms with Gasteiger partial charge in [0.1, 0.15) is 9.26 Å². The molecule has 0 fully saturated rings. The second kappa shape index (κ2) is 4.59. The summed E-state index contributed by atoms with van der Waals surface area (Å²) < 4.78 is 72.9. The summed E-state index contributed by atoms with van der Waals surface area (Å²) in [5.41, 5.74) is -6.11. The van der Waals surface area contributed by atoms with Gasteiger partial charge in [-0.2, -0.15) is 26.3 Å². The van der Waals surface area contributed by atoms with Crippen LogP contribution in [0.5, 0.6) is 0 Å². The second-order valence-corrected chi connectivity index (χ2v) is 4.65. The Morgan fingerprint density at radius 1 is 1.12 bits per heavy atom. The minimum absolute atomic E-state index is 0.501. The van der Waals surface area contributed by atoms with E-state index in [0.29, 0.717) is 6.07 Å². The minimum Gasteiger partial charge on any atom is -0.250 e. The minimum atomic E-state index is -4.85. The van der Waals surface area contributed by atoms with Gasteiger partial charge in [-0.3, -0.25) is 0 Å². The van der Waals surface area contributed by atoms with Gasteiger partial charge in [-0.15, -0.1) is 0 Å². The lowest BCUT2D eigenvalue weighted by Gasteiger charge is -2.14. The highest BCUT2D eigenvalue weighted by Crippen LogP contribution is 2.44. The fourth-order valence-corrected chi connectivity index (χ4v) is 2.52. The molecule has 0 saturated heterocycles. The lowest BCUT2D eigenvalue weighted by molar-refractivity contribution is -0.140. The first-order valence-corrected chi connectivity index (χ1v) is 5.48. The molecule has 0 aliphatic carbocycles. The van der Waals surface area contributed by atoms with Crippen molar-refractivity contribution < 1.29 is 26.3 Å². The van der Waals surface area contributed by atoms with E-state index >= 15 is 0 Å². The third kappa shape index (κ3) is 3.68. The highest BCUT2D eigenvalue weighted by Gasteiger charge is 2.40. The predicted octanol–water partition coefficient (Wildman–Crippen LogP) is 4.32. The molecule has 0 aliphatic rings. The Balaban J connectivity index is 3.24. The van der Waals surface area contributed by atoms with Gasteiger partial charge in [0.15, 0.2) is 0 Å². The summed E-state index contributed by atoms with van der Waals surface area (Å²) in [4.78, 5) is 2.43. The molecule has 1 aromatic heterocycles. The second-order valence-electron chi connectivity index (χ2n) is 2.52. The summed E-state index contributed by atoms with van der Waals surface area (Å²) in [5.74, 6) is 0. The van der Waals surface area contributed by atoms with Gasteiger partial charge in [0.05, 0.1) is 0 Å². The molecule has 16 heavy (non-hydrogen) atoms. The van der Waals surface area contributed by atoms with Crippen molar-refractivity contribution in [2.75, 3.05) is 0 Å². The summed E-state index contributed by atoms with van der Waals surface area (Å²) in [6.07, 6.45) is -3.94. The first kappa shape index (κ1) is 13.9. The van der Waals surface area contributed by atoms with E-state index < -0.39 is 37.6 Å². The highest BCUT2D eigenvalue weighted by atomic mass is 127. The molecule has 90 valence electrons. The van der Waals surface area contributed by atoms with Gasteiger partial charge in [-0.25, -0.2) is 4.98 Å². The van der Waals surface area contributed by atoms with E-state index in [-0.39, 0.29) is 0 Å². The van der Waals surface area contributed by atoms with Gasteiger partial charge in [-0.1, -0.05) is 0 Å². The van der Waals surface area contributed by atoms with E-state index in [1.54, 1.807) is 0 Å². The molecule has 0 atom stereocenters. The number of alkyl halides is 6. The summed E-state index contributed by atoms with van der Waals surface area (Å²) in [6, 6.07) is 0.698. The van der Waals surface area contributed by atoms with Crippen LogP contribution in [0.4, 0.5) is 26.3 Å². The van der Waals surface area contributed by atoms with E-state index in [2.05, 4.69) is 4.98 Å². The number of nitrogens with zero attached hydrogens (tertiary/aromatic N) is 1. The molecule has 1 rings (SSSR count). The number of rotatable bonds is 1. The maximum atomic E-state index is 12.5. The van der Waals surface area contributed by atoms with Crippen LogP contribution in [0.3, 0.4) is 0 Å². The van der Waals surface area contributed by atoms with Gasteiger partial charge >= 0.3 is 11.7 Å². The van der Waals surface area contributed by atoms with E-state index in [4.69, 9.17) is 0 Å². The number of thioether (sulfide) groups is 1. The van der Waals surface area contributed by atoms with Crippen molar-refractivity contribution in [1.82, 2.24) is 4.98 Å². The van der Waals surface area contributed by atoms with Crippen LogP contribution < -0.4 is 0 Å². The van der Waals surface area contributed by atoms with Crippen LogP contribution in [0.1, 0.15) is 5.56 Å². The number of aromatic nitrogens is 1. The Labute approximate surface area is 104 Å². The van der Waals surface area contributed by atoms with Crippen LogP contribution in [0.25, 0.3) is 0 Å². The van der Waals surface area contributed by atoms with Crippen LogP contribution >= 0.6 is 34.4 Å². The number of hydrogen-bond acceptors (Lipinski definition) is 2. The van der Waals surface area contributed by atoms with E-state index in [0.717, 1.165) is 6.20 Å². The molecule has 0 bridgehead atoms. The van der Waals surface area contributed by atoms with Crippen molar-refractivity contribution >= 4 is 34.4 Å². The van der Waals surface area contributed by atoms with E-state index in [9.17, 15) is 26.3 Å². The molecule has 0 aromatic carbocycles. The molecule has 0 spiro atoms. The van der Waals surface area contributed by atoms with Crippen LogP contribution in [0.2, 0.25) is 0 Å². The molecular weight excluding hydrogens is 371 g/mol. The number of pyridine rings is 1. The topological polar surface area (TPSA) is 12.9 Å². The quantitative estimate of drug-likeness (QED) is 0.315. The van der Waals surface area contributed by atoms with Crippen LogP contribution in [-0.2, 0) is 6.18 Å². The Kier molecular flexibility index (Phi) is 3.98. The fraction of sp³-hybridized carbons (Fsp3) is 0.286. The van der Waals surface area contributed by atoms with Crippen molar-refractivity contribution in [1.29, 1.82) is 0 Å². The smallest absolute Gasteiger partial charge is 0.250 e. The van der Waals surface area contributed by atoms with Gasteiger partial charge in [-0.05, 0) is 40.4 Å². The normalized spacial score (nSPS) is 12.9. The molecule has 1 aromatic rings. The molecule has 0 saturated carbocycles. The average molecular weight is 373 g/mol. The monoisotopic (exact) mass is 373 g/mol. The SMILES string of the molecule is FC(F)(F)Sc1ccnc(I)c1C(F)(F)F. The van der Waals surface area contributed by atoms with E-state index in [1.807, 2.05) is 0 Å². The molecule has 0 N–H and O–H groups in total. The zero-order valence-electron chi connectivity index (χ0n) is 7.16. The lowest BCUT2D eigenvalue weighted by Crippen LogP contribution is -2.12. The van der Waals surface area contributed by atoms with Gasteiger partial charge in [0, 0.05) is 11.1 Å². The molecule has 0 amide bonds. The molecule has 9 heteroatoms. The maximum Gasteiger partial charge on any atom is 0.446 e. The molecular formula is C7H2F6INS. The Hall–Kier alpha value is -0.190.